The smallest absolute Gasteiger partial charge is 0.0797 e. The third kappa shape index (κ3) is 3.01. The molecule has 3 rings (SSSR count). The standard InChI is InChI=1S/C13H20N2S.2ClH/c1-2-5-15-6-3-4-10-7-11-13(8-12(10)15)16-9-14-11;;/h9-10,12H,2-8H2,1H3;2*1H/t10-,12-;;/m0../s1. The lowest BCUT2D eigenvalue weighted by molar-refractivity contribution is 0.0857. The summed E-state index contributed by atoms with van der Waals surface area (Å²) < 4.78 is 0. The van der Waals surface area contributed by atoms with Gasteiger partial charge in [0.2, 0.25) is 0 Å². The lowest BCUT2D eigenvalue weighted by Gasteiger charge is -2.43. The quantitative estimate of drug-likeness (QED) is 0.830. The molecule has 0 N–H and O–H groups in total. The first-order chi connectivity index (χ1) is 7.88. The van der Waals surface area contributed by atoms with Gasteiger partial charge in [0.25, 0.3) is 0 Å². The predicted molar refractivity (Wildman–Crippen MR) is 82.4 cm³/mol. The second-order valence-electron chi connectivity index (χ2n) is 5.14. The molecule has 2 atom stereocenters. The van der Waals surface area contributed by atoms with Gasteiger partial charge in [0.1, 0.15) is 0 Å². The van der Waals surface area contributed by atoms with Crippen LogP contribution in [0.15, 0.2) is 5.51 Å². The van der Waals surface area contributed by atoms with Gasteiger partial charge in [-0.2, -0.15) is 0 Å². The Morgan fingerprint density at radius 3 is 3.00 bits per heavy atom. The van der Waals surface area contributed by atoms with Crippen molar-refractivity contribution in [2.75, 3.05) is 13.1 Å². The summed E-state index contributed by atoms with van der Waals surface area (Å²) in [6, 6.07) is 0.821. The van der Waals surface area contributed by atoms with Crippen molar-refractivity contribution >= 4 is 36.2 Å². The number of hydrogen-bond acceptors (Lipinski definition) is 3. The van der Waals surface area contributed by atoms with E-state index in [1.165, 1.54) is 50.9 Å². The number of piperidine rings is 1. The summed E-state index contributed by atoms with van der Waals surface area (Å²) in [7, 11) is 0. The van der Waals surface area contributed by atoms with E-state index in [4.69, 9.17) is 0 Å². The van der Waals surface area contributed by atoms with Gasteiger partial charge < -0.3 is 0 Å². The maximum absolute atomic E-state index is 4.52. The van der Waals surface area contributed by atoms with E-state index in [0.717, 1.165) is 12.0 Å². The van der Waals surface area contributed by atoms with Crippen LogP contribution in [0.5, 0.6) is 0 Å². The van der Waals surface area contributed by atoms with Crippen molar-refractivity contribution in [2.45, 2.75) is 45.1 Å². The summed E-state index contributed by atoms with van der Waals surface area (Å²) in [5.74, 6) is 0.884. The number of fused-ring (bicyclic) bond motifs is 2. The van der Waals surface area contributed by atoms with Gasteiger partial charge in [-0.3, -0.25) is 4.90 Å². The fourth-order valence-electron chi connectivity index (χ4n) is 3.38. The molecule has 2 nitrogen and oxygen atoms in total. The van der Waals surface area contributed by atoms with E-state index in [1.54, 1.807) is 4.88 Å². The first-order valence-corrected chi connectivity index (χ1v) is 7.41. The molecule has 5 heteroatoms. The number of likely N-dealkylation sites (tertiary alicyclic amines) is 1. The minimum Gasteiger partial charge on any atom is -0.300 e. The first kappa shape index (κ1) is 16.2. The highest BCUT2D eigenvalue weighted by Crippen LogP contribution is 2.35. The van der Waals surface area contributed by atoms with Gasteiger partial charge in [-0.1, -0.05) is 6.92 Å². The van der Waals surface area contributed by atoms with Gasteiger partial charge in [0.15, 0.2) is 0 Å². The Hall–Kier alpha value is 0.170. The molecule has 18 heavy (non-hydrogen) atoms. The van der Waals surface area contributed by atoms with Gasteiger partial charge in [-0.25, -0.2) is 4.98 Å². The van der Waals surface area contributed by atoms with Crippen LogP contribution >= 0.6 is 36.2 Å². The van der Waals surface area contributed by atoms with Gasteiger partial charge in [-0.05, 0) is 51.1 Å². The largest absolute Gasteiger partial charge is 0.300 e. The number of aromatic nitrogens is 1. The van der Waals surface area contributed by atoms with Crippen molar-refractivity contribution < 1.29 is 0 Å². The third-order valence-corrected chi connectivity index (χ3v) is 5.02. The molecule has 0 amide bonds. The van der Waals surface area contributed by atoms with E-state index in [1.807, 2.05) is 16.8 Å². The molecule has 0 bridgehead atoms. The Morgan fingerprint density at radius 1 is 1.39 bits per heavy atom. The van der Waals surface area contributed by atoms with Crippen LogP contribution < -0.4 is 0 Å². The molecule has 0 radical (unpaired) electrons. The summed E-state index contributed by atoms with van der Waals surface area (Å²) in [5, 5.41) is 0. The molecular formula is C13H22Cl2N2S. The van der Waals surface area contributed by atoms with E-state index in [9.17, 15) is 0 Å². The van der Waals surface area contributed by atoms with Crippen LogP contribution in [0.2, 0.25) is 0 Å². The molecule has 0 saturated carbocycles. The number of thiazole rings is 1. The molecular weight excluding hydrogens is 287 g/mol. The molecule has 1 fully saturated rings. The van der Waals surface area contributed by atoms with E-state index in [2.05, 4.69) is 16.8 Å². The average Bonchev–Trinajstić information content (AvgIpc) is 2.74. The summed E-state index contributed by atoms with van der Waals surface area (Å²) in [6.07, 6.45) is 6.61. The molecule has 0 spiro atoms. The van der Waals surface area contributed by atoms with Crippen molar-refractivity contribution in [2.24, 2.45) is 5.92 Å². The molecule has 1 aliphatic heterocycles. The zero-order chi connectivity index (χ0) is 11.0. The Bertz CT molecular complexity index is 368. The van der Waals surface area contributed by atoms with Crippen LogP contribution in [0.3, 0.4) is 0 Å². The van der Waals surface area contributed by atoms with E-state index < -0.39 is 0 Å². The topological polar surface area (TPSA) is 16.1 Å². The Balaban J connectivity index is 0.000000810. The molecule has 0 aromatic carbocycles. The minimum atomic E-state index is 0. The summed E-state index contributed by atoms with van der Waals surface area (Å²) in [5.41, 5.74) is 3.44. The van der Waals surface area contributed by atoms with Crippen LogP contribution in [0.25, 0.3) is 0 Å². The predicted octanol–water partition coefficient (Wildman–Crippen LogP) is 3.58. The fraction of sp³-hybridized carbons (Fsp3) is 0.769. The van der Waals surface area contributed by atoms with Crippen LogP contribution in [0.4, 0.5) is 0 Å². The first-order valence-electron chi connectivity index (χ1n) is 6.53. The highest BCUT2D eigenvalue weighted by molar-refractivity contribution is 7.09. The summed E-state index contributed by atoms with van der Waals surface area (Å²) >= 11 is 1.86. The zero-order valence-corrected chi connectivity index (χ0v) is 13.3. The zero-order valence-electron chi connectivity index (χ0n) is 10.8. The minimum absolute atomic E-state index is 0. The van der Waals surface area contributed by atoms with E-state index >= 15 is 0 Å². The van der Waals surface area contributed by atoms with E-state index in [0.29, 0.717) is 0 Å². The Morgan fingerprint density at radius 2 is 2.22 bits per heavy atom. The van der Waals surface area contributed by atoms with Crippen LogP contribution in [-0.4, -0.2) is 29.0 Å². The molecule has 2 heterocycles. The second-order valence-corrected chi connectivity index (χ2v) is 6.08. The van der Waals surface area contributed by atoms with Gasteiger partial charge >= 0.3 is 0 Å². The Kier molecular flexibility index (Phi) is 6.39. The van der Waals surface area contributed by atoms with Crippen molar-refractivity contribution in [3.8, 4) is 0 Å². The maximum Gasteiger partial charge on any atom is 0.0797 e. The molecule has 1 aliphatic carbocycles. The van der Waals surface area contributed by atoms with Crippen molar-refractivity contribution in [1.82, 2.24) is 9.88 Å². The second kappa shape index (κ2) is 7.09. The SMILES string of the molecule is CCCN1CCC[C@H]2Cc3ncsc3C[C@@H]21.Cl.Cl. The molecule has 0 unspecified atom stereocenters. The maximum atomic E-state index is 4.52. The molecule has 2 aliphatic rings. The monoisotopic (exact) mass is 308 g/mol. The fourth-order valence-corrected chi connectivity index (χ4v) is 4.22. The number of hydrogen-bond donors (Lipinski definition) is 0. The lowest BCUT2D eigenvalue weighted by atomic mass is 9.79. The normalized spacial score (nSPS) is 26.5. The van der Waals surface area contributed by atoms with Gasteiger partial charge in [-0.15, -0.1) is 36.2 Å². The summed E-state index contributed by atoms with van der Waals surface area (Å²) in [4.78, 5) is 8.81. The molecule has 1 saturated heterocycles. The van der Waals surface area contributed by atoms with Crippen LogP contribution in [0.1, 0.15) is 36.8 Å². The average molecular weight is 309 g/mol. The van der Waals surface area contributed by atoms with Crippen molar-refractivity contribution in [3.63, 3.8) is 0 Å². The summed E-state index contributed by atoms with van der Waals surface area (Å²) in [6.45, 7) is 4.91. The van der Waals surface area contributed by atoms with E-state index in [-0.39, 0.29) is 24.8 Å². The van der Waals surface area contributed by atoms with Crippen LogP contribution in [-0.2, 0) is 12.8 Å². The van der Waals surface area contributed by atoms with Crippen molar-refractivity contribution in [3.05, 3.63) is 16.1 Å². The molecule has 1 aromatic heterocycles. The third-order valence-electron chi connectivity index (χ3n) is 4.12. The number of rotatable bonds is 2. The van der Waals surface area contributed by atoms with Gasteiger partial charge in [0.05, 0.1) is 11.2 Å². The lowest BCUT2D eigenvalue weighted by Crippen LogP contribution is -2.49. The van der Waals surface area contributed by atoms with Crippen molar-refractivity contribution in [1.29, 1.82) is 0 Å². The molecule has 1 aromatic rings. The van der Waals surface area contributed by atoms with Gasteiger partial charge in [0, 0.05) is 10.9 Å². The molecule has 104 valence electrons. The van der Waals surface area contributed by atoms with Crippen LogP contribution in [0, 0.1) is 5.92 Å². The number of nitrogens with zero attached hydrogens (tertiary/aromatic N) is 2. The Labute approximate surface area is 126 Å². The highest BCUT2D eigenvalue weighted by Gasteiger charge is 2.35. The number of halogens is 2. The highest BCUT2D eigenvalue weighted by atomic mass is 35.5.